The van der Waals surface area contributed by atoms with Crippen molar-refractivity contribution in [3.63, 3.8) is 0 Å². The Bertz CT molecular complexity index is 460. The minimum atomic E-state index is 0.749. The number of nitrogens with one attached hydrogen (secondary N) is 1. The van der Waals surface area contributed by atoms with E-state index in [9.17, 15) is 0 Å². The largest absolute Gasteiger partial charge is 0.313 e. The van der Waals surface area contributed by atoms with Crippen molar-refractivity contribution >= 4 is 0 Å². The van der Waals surface area contributed by atoms with Crippen LogP contribution in [-0.4, -0.2) is 16.3 Å². The summed E-state index contributed by atoms with van der Waals surface area (Å²) >= 11 is 0. The Balaban J connectivity index is 2.00. The molecule has 0 radical (unpaired) electrons. The van der Waals surface area contributed by atoms with Gasteiger partial charge in [0.25, 0.3) is 0 Å². The number of aromatic nitrogens is 2. The maximum Gasteiger partial charge on any atom is 0.0690 e. The fraction of sp³-hybridized carbons (Fsp3) is 0.400. The van der Waals surface area contributed by atoms with E-state index < -0.39 is 0 Å². The van der Waals surface area contributed by atoms with Gasteiger partial charge in [-0.15, -0.1) is 0 Å². The standard InChI is InChI=1S/C15H21N3/c1-13(2)8-10-16-12-14-6-3-4-7-15(14)18-11-5-9-17-18/h3-7,9,11,13,16H,8,10,12H2,1-2H3. The highest BCUT2D eigenvalue weighted by atomic mass is 15.3. The molecule has 2 rings (SSSR count). The molecule has 2 aromatic rings. The van der Waals surface area contributed by atoms with Gasteiger partial charge in [0.1, 0.15) is 0 Å². The Morgan fingerprint density at radius 2 is 2.06 bits per heavy atom. The Morgan fingerprint density at radius 1 is 1.22 bits per heavy atom. The van der Waals surface area contributed by atoms with Crippen molar-refractivity contribution in [3.8, 4) is 5.69 Å². The predicted molar refractivity (Wildman–Crippen MR) is 74.7 cm³/mol. The molecule has 0 atom stereocenters. The van der Waals surface area contributed by atoms with E-state index in [-0.39, 0.29) is 0 Å². The molecule has 3 heteroatoms. The van der Waals surface area contributed by atoms with Crippen LogP contribution in [0.25, 0.3) is 5.69 Å². The van der Waals surface area contributed by atoms with Crippen LogP contribution in [0.15, 0.2) is 42.7 Å². The Hall–Kier alpha value is -1.61. The molecule has 3 nitrogen and oxygen atoms in total. The number of hydrogen-bond acceptors (Lipinski definition) is 2. The van der Waals surface area contributed by atoms with Gasteiger partial charge in [-0.25, -0.2) is 4.68 Å². The van der Waals surface area contributed by atoms with Crippen molar-refractivity contribution in [3.05, 3.63) is 48.3 Å². The molecule has 0 spiro atoms. The molecule has 0 fully saturated rings. The summed E-state index contributed by atoms with van der Waals surface area (Å²) in [6.45, 7) is 6.45. The number of para-hydroxylation sites is 1. The van der Waals surface area contributed by atoms with Gasteiger partial charge in [0.05, 0.1) is 5.69 Å². The topological polar surface area (TPSA) is 29.9 Å². The first kappa shape index (κ1) is 12.8. The highest BCUT2D eigenvalue weighted by Gasteiger charge is 2.03. The number of benzene rings is 1. The maximum absolute atomic E-state index is 4.29. The lowest BCUT2D eigenvalue weighted by Gasteiger charge is -2.11. The minimum Gasteiger partial charge on any atom is -0.313 e. The second kappa shape index (κ2) is 6.36. The highest BCUT2D eigenvalue weighted by Crippen LogP contribution is 2.13. The summed E-state index contributed by atoms with van der Waals surface area (Å²) in [6, 6.07) is 10.3. The van der Waals surface area contributed by atoms with Crippen molar-refractivity contribution in [1.82, 2.24) is 15.1 Å². The summed E-state index contributed by atoms with van der Waals surface area (Å²) in [5, 5.41) is 7.79. The first-order chi connectivity index (χ1) is 8.77. The Morgan fingerprint density at radius 3 is 2.78 bits per heavy atom. The summed E-state index contributed by atoms with van der Waals surface area (Å²) in [4.78, 5) is 0. The van der Waals surface area contributed by atoms with Crippen molar-refractivity contribution in [2.75, 3.05) is 6.54 Å². The van der Waals surface area contributed by atoms with Gasteiger partial charge in [-0.05, 0) is 36.6 Å². The Kier molecular flexibility index (Phi) is 4.53. The van der Waals surface area contributed by atoms with E-state index in [1.54, 1.807) is 0 Å². The van der Waals surface area contributed by atoms with E-state index >= 15 is 0 Å². The zero-order valence-electron chi connectivity index (χ0n) is 11.1. The molecule has 1 aromatic carbocycles. The van der Waals surface area contributed by atoms with Gasteiger partial charge < -0.3 is 5.32 Å². The van der Waals surface area contributed by atoms with Crippen molar-refractivity contribution in [1.29, 1.82) is 0 Å². The lowest BCUT2D eigenvalue weighted by atomic mass is 10.1. The Labute approximate surface area is 109 Å². The van der Waals surface area contributed by atoms with Crippen LogP contribution in [0.1, 0.15) is 25.8 Å². The van der Waals surface area contributed by atoms with Gasteiger partial charge in [-0.3, -0.25) is 0 Å². The molecule has 1 N–H and O–H groups in total. The van der Waals surface area contributed by atoms with Crippen molar-refractivity contribution < 1.29 is 0 Å². The fourth-order valence-corrected chi connectivity index (χ4v) is 1.91. The second-order valence-corrected chi connectivity index (χ2v) is 4.94. The fourth-order valence-electron chi connectivity index (χ4n) is 1.91. The molecule has 1 aromatic heterocycles. The molecule has 0 saturated carbocycles. The molecule has 0 amide bonds. The molecule has 96 valence electrons. The van der Waals surface area contributed by atoms with Gasteiger partial charge in [0, 0.05) is 18.9 Å². The average molecular weight is 243 g/mol. The molecule has 0 aliphatic heterocycles. The highest BCUT2D eigenvalue weighted by molar-refractivity contribution is 5.40. The zero-order chi connectivity index (χ0) is 12.8. The van der Waals surface area contributed by atoms with Crippen molar-refractivity contribution in [2.24, 2.45) is 5.92 Å². The van der Waals surface area contributed by atoms with Crippen LogP contribution in [-0.2, 0) is 6.54 Å². The van der Waals surface area contributed by atoms with Crippen LogP contribution >= 0.6 is 0 Å². The molecule has 0 bridgehead atoms. The first-order valence-corrected chi connectivity index (χ1v) is 6.56. The van der Waals surface area contributed by atoms with Crippen LogP contribution in [0.4, 0.5) is 0 Å². The summed E-state index contributed by atoms with van der Waals surface area (Å²) in [7, 11) is 0. The first-order valence-electron chi connectivity index (χ1n) is 6.56. The smallest absolute Gasteiger partial charge is 0.0690 e. The van der Waals surface area contributed by atoms with Crippen LogP contribution in [0.5, 0.6) is 0 Å². The molecule has 0 aliphatic carbocycles. The normalized spacial score (nSPS) is 11.1. The number of nitrogens with zero attached hydrogens (tertiary/aromatic N) is 2. The van der Waals surface area contributed by atoms with E-state index in [0.29, 0.717) is 0 Å². The summed E-state index contributed by atoms with van der Waals surface area (Å²) in [5.74, 6) is 0.749. The molecule has 0 saturated heterocycles. The quantitative estimate of drug-likeness (QED) is 0.790. The third-order valence-corrected chi connectivity index (χ3v) is 2.96. The molecule has 0 unspecified atom stereocenters. The van der Waals surface area contributed by atoms with E-state index in [1.165, 1.54) is 12.0 Å². The lowest BCUT2D eigenvalue weighted by molar-refractivity contribution is 0.537. The number of hydrogen-bond donors (Lipinski definition) is 1. The molecule has 0 aliphatic rings. The summed E-state index contributed by atoms with van der Waals surface area (Å²) in [5.41, 5.74) is 2.43. The molecule has 1 heterocycles. The van der Waals surface area contributed by atoms with E-state index in [1.807, 2.05) is 23.1 Å². The van der Waals surface area contributed by atoms with Crippen LogP contribution in [0.3, 0.4) is 0 Å². The van der Waals surface area contributed by atoms with Crippen LogP contribution in [0.2, 0.25) is 0 Å². The third-order valence-electron chi connectivity index (χ3n) is 2.96. The SMILES string of the molecule is CC(C)CCNCc1ccccc1-n1cccn1. The number of rotatable bonds is 6. The summed E-state index contributed by atoms with van der Waals surface area (Å²) < 4.78 is 1.92. The molecule has 18 heavy (non-hydrogen) atoms. The van der Waals surface area contributed by atoms with Crippen molar-refractivity contribution in [2.45, 2.75) is 26.8 Å². The average Bonchev–Trinajstić information content (AvgIpc) is 2.88. The summed E-state index contributed by atoms with van der Waals surface area (Å²) in [6.07, 6.45) is 5.00. The second-order valence-electron chi connectivity index (χ2n) is 4.94. The maximum atomic E-state index is 4.29. The zero-order valence-corrected chi connectivity index (χ0v) is 11.1. The van der Waals surface area contributed by atoms with E-state index in [4.69, 9.17) is 0 Å². The van der Waals surface area contributed by atoms with E-state index in [2.05, 4.69) is 48.5 Å². The van der Waals surface area contributed by atoms with Crippen LogP contribution in [0, 0.1) is 5.92 Å². The minimum absolute atomic E-state index is 0.749. The molecular weight excluding hydrogens is 222 g/mol. The van der Waals surface area contributed by atoms with Crippen LogP contribution < -0.4 is 5.32 Å². The van der Waals surface area contributed by atoms with Gasteiger partial charge >= 0.3 is 0 Å². The van der Waals surface area contributed by atoms with Gasteiger partial charge in [0.15, 0.2) is 0 Å². The molecular formula is C15H21N3. The predicted octanol–water partition coefficient (Wildman–Crippen LogP) is 3.01. The third kappa shape index (κ3) is 3.44. The lowest BCUT2D eigenvalue weighted by Crippen LogP contribution is -2.17. The van der Waals surface area contributed by atoms with Gasteiger partial charge in [-0.2, -0.15) is 5.10 Å². The van der Waals surface area contributed by atoms with E-state index in [0.717, 1.165) is 24.7 Å². The van der Waals surface area contributed by atoms with Gasteiger partial charge in [-0.1, -0.05) is 32.0 Å². The van der Waals surface area contributed by atoms with Gasteiger partial charge in [0.2, 0.25) is 0 Å². The monoisotopic (exact) mass is 243 g/mol.